The van der Waals surface area contributed by atoms with Gasteiger partial charge in [0.2, 0.25) is 0 Å². The second-order valence-corrected chi connectivity index (χ2v) is 5.43. The maximum absolute atomic E-state index is 12.3. The summed E-state index contributed by atoms with van der Waals surface area (Å²) in [5, 5.41) is 3.13. The molecule has 0 aromatic heterocycles. The highest BCUT2D eigenvalue weighted by atomic mass is 16.5. The minimum absolute atomic E-state index is 0.0445. The van der Waals surface area contributed by atoms with Crippen LogP contribution in [-0.2, 0) is 0 Å². The minimum atomic E-state index is -0.0445. The predicted octanol–water partition coefficient (Wildman–Crippen LogP) is 2.40. The highest BCUT2D eigenvalue weighted by Gasteiger charge is 2.36. The molecule has 3 rings (SSSR count). The number of fused-ring (bicyclic) bond motifs is 2. The molecule has 0 saturated heterocycles. The number of nitrogens with one attached hydrogen (secondary N) is 1. The first-order valence-corrected chi connectivity index (χ1v) is 6.92. The van der Waals surface area contributed by atoms with E-state index in [9.17, 15) is 4.79 Å². The van der Waals surface area contributed by atoms with E-state index in [1.54, 1.807) is 32.4 Å². The molecule has 1 fully saturated rings. The van der Waals surface area contributed by atoms with Crippen LogP contribution in [0, 0.1) is 11.8 Å². The van der Waals surface area contributed by atoms with Crippen LogP contribution in [-0.4, -0.2) is 26.2 Å². The lowest BCUT2D eigenvalue weighted by atomic mass is 10.0. The molecule has 1 aromatic rings. The van der Waals surface area contributed by atoms with Gasteiger partial charge in [0, 0.05) is 11.6 Å². The lowest BCUT2D eigenvalue weighted by Crippen LogP contribution is -2.37. The van der Waals surface area contributed by atoms with Crippen LogP contribution >= 0.6 is 0 Å². The molecule has 1 N–H and O–H groups in total. The van der Waals surface area contributed by atoms with Gasteiger partial charge >= 0.3 is 0 Å². The minimum Gasteiger partial charge on any atom is -0.493 e. The highest BCUT2D eigenvalue weighted by Crippen LogP contribution is 2.39. The van der Waals surface area contributed by atoms with Crippen molar-refractivity contribution in [3.05, 3.63) is 35.9 Å². The van der Waals surface area contributed by atoms with Crippen molar-refractivity contribution >= 4 is 5.91 Å². The Hall–Kier alpha value is -1.97. The molecule has 4 nitrogen and oxygen atoms in total. The average Bonchev–Trinajstić information content (AvgIpc) is 3.09. The number of hydrogen-bond donors (Lipinski definition) is 1. The molecule has 0 radical (unpaired) electrons. The number of benzene rings is 1. The van der Waals surface area contributed by atoms with Gasteiger partial charge in [-0.1, -0.05) is 12.2 Å². The van der Waals surface area contributed by atoms with Crippen LogP contribution in [0.3, 0.4) is 0 Å². The van der Waals surface area contributed by atoms with Crippen molar-refractivity contribution < 1.29 is 14.3 Å². The third kappa shape index (κ3) is 2.26. The van der Waals surface area contributed by atoms with E-state index in [0.29, 0.717) is 28.9 Å². The van der Waals surface area contributed by atoms with Crippen LogP contribution in [0.25, 0.3) is 0 Å². The number of amides is 1. The van der Waals surface area contributed by atoms with Gasteiger partial charge in [-0.3, -0.25) is 4.79 Å². The van der Waals surface area contributed by atoms with Gasteiger partial charge in [0.15, 0.2) is 11.5 Å². The summed E-state index contributed by atoms with van der Waals surface area (Å²) < 4.78 is 10.4. The Morgan fingerprint density at radius 2 is 1.95 bits per heavy atom. The van der Waals surface area contributed by atoms with Gasteiger partial charge in [0.25, 0.3) is 5.91 Å². The van der Waals surface area contributed by atoms with Gasteiger partial charge in [-0.05, 0) is 42.9 Å². The molecule has 3 atom stereocenters. The predicted molar refractivity (Wildman–Crippen MR) is 76.2 cm³/mol. The summed E-state index contributed by atoms with van der Waals surface area (Å²) in [7, 11) is 3.15. The number of rotatable bonds is 4. The van der Waals surface area contributed by atoms with Crippen LogP contribution in [0.15, 0.2) is 30.4 Å². The first-order valence-electron chi connectivity index (χ1n) is 6.92. The largest absolute Gasteiger partial charge is 0.493 e. The molecule has 1 amide bonds. The molecular weight excluding hydrogens is 254 g/mol. The zero-order valence-corrected chi connectivity index (χ0v) is 11.8. The second kappa shape index (κ2) is 5.19. The van der Waals surface area contributed by atoms with Gasteiger partial charge in [-0.2, -0.15) is 0 Å². The van der Waals surface area contributed by atoms with E-state index in [4.69, 9.17) is 9.47 Å². The van der Waals surface area contributed by atoms with E-state index in [1.165, 1.54) is 6.42 Å². The molecule has 1 saturated carbocycles. The topological polar surface area (TPSA) is 47.6 Å². The summed E-state index contributed by atoms with van der Waals surface area (Å²) >= 11 is 0. The Balaban J connectivity index is 1.72. The van der Waals surface area contributed by atoms with Gasteiger partial charge in [-0.15, -0.1) is 0 Å². The lowest BCUT2D eigenvalue weighted by molar-refractivity contribution is 0.0931. The van der Waals surface area contributed by atoms with Crippen LogP contribution in [0.4, 0.5) is 0 Å². The van der Waals surface area contributed by atoms with Gasteiger partial charge < -0.3 is 14.8 Å². The van der Waals surface area contributed by atoms with Crippen molar-refractivity contribution in [3.8, 4) is 11.5 Å². The van der Waals surface area contributed by atoms with Crippen molar-refractivity contribution in [2.45, 2.75) is 18.9 Å². The van der Waals surface area contributed by atoms with Gasteiger partial charge in [-0.25, -0.2) is 0 Å². The maximum Gasteiger partial charge on any atom is 0.251 e. The number of carbonyl (C=O) groups is 1. The average molecular weight is 273 g/mol. The van der Waals surface area contributed by atoms with Crippen LogP contribution in [0.2, 0.25) is 0 Å². The summed E-state index contributed by atoms with van der Waals surface area (Å²) in [5.41, 5.74) is 0.606. The van der Waals surface area contributed by atoms with Crippen molar-refractivity contribution in [1.82, 2.24) is 5.32 Å². The molecule has 0 aliphatic heterocycles. The number of hydrogen-bond acceptors (Lipinski definition) is 3. The van der Waals surface area contributed by atoms with Crippen LogP contribution in [0.1, 0.15) is 23.2 Å². The van der Waals surface area contributed by atoms with E-state index in [0.717, 1.165) is 6.42 Å². The fourth-order valence-electron chi connectivity index (χ4n) is 3.18. The Labute approximate surface area is 118 Å². The van der Waals surface area contributed by atoms with E-state index < -0.39 is 0 Å². The first-order chi connectivity index (χ1) is 9.71. The number of methoxy groups -OCH3 is 2. The molecule has 1 aromatic carbocycles. The SMILES string of the molecule is COc1ccc(C(=O)NC2CC3C=CC2C3)cc1OC. The van der Waals surface area contributed by atoms with E-state index in [2.05, 4.69) is 17.5 Å². The summed E-state index contributed by atoms with van der Waals surface area (Å²) in [6, 6.07) is 5.51. The molecule has 0 heterocycles. The molecule has 3 unspecified atom stereocenters. The molecular formula is C16H19NO3. The van der Waals surface area contributed by atoms with Crippen molar-refractivity contribution in [3.63, 3.8) is 0 Å². The Kier molecular flexibility index (Phi) is 3.38. The number of allylic oxidation sites excluding steroid dienone is 1. The third-order valence-corrected chi connectivity index (χ3v) is 4.24. The zero-order chi connectivity index (χ0) is 14.1. The summed E-state index contributed by atoms with van der Waals surface area (Å²) in [4.78, 5) is 12.3. The summed E-state index contributed by atoms with van der Waals surface area (Å²) in [6.07, 6.45) is 6.73. The first kappa shape index (κ1) is 13.0. The summed E-state index contributed by atoms with van der Waals surface area (Å²) in [5.74, 6) is 2.32. The van der Waals surface area contributed by atoms with Crippen molar-refractivity contribution in [2.75, 3.05) is 14.2 Å². The monoisotopic (exact) mass is 273 g/mol. The molecule has 20 heavy (non-hydrogen) atoms. The molecule has 4 heteroatoms. The lowest BCUT2D eigenvalue weighted by Gasteiger charge is -2.20. The van der Waals surface area contributed by atoms with Crippen molar-refractivity contribution in [2.24, 2.45) is 11.8 Å². The fourth-order valence-corrected chi connectivity index (χ4v) is 3.18. The van der Waals surface area contributed by atoms with E-state index in [-0.39, 0.29) is 11.9 Å². The Bertz CT molecular complexity index is 553. The molecule has 2 bridgehead atoms. The fraction of sp³-hybridized carbons (Fsp3) is 0.438. The molecule has 0 spiro atoms. The van der Waals surface area contributed by atoms with Crippen LogP contribution < -0.4 is 14.8 Å². The normalized spacial score (nSPS) is 26.6. The second-order valence-electron chi connectivity index (χ2n) is 5.43. The number of carbonyl (C=O) groups excluding carboxylic acids is 1. The summed E-state index contributed by atoms with van der Waals surface area (Å²) in [6.45, 7) is 0. The van der Waals surface area contributed by atoms with Gasteiger partial charge in [0.1, 0.15) is 0 Å². The van der Waals surface area contributed by atoms with Crippen molar-refractivity contribution in [1.29, 1.82) is 0 Å². The Morgan fingerprint density at radius 1 is 1.15 bits per heavy atom. The maximum atomic E-state index is 12.3. The smallest absolute Gasteiger partial charge is 0.251 e. The number of ether oxygens (including phenoxy) is 2. The quantitative estimate of drug-likeness (QED) is 0.857. The third-order valence-electron chi connectivity index (χ3n) is 4.24. The highest BCUT2D eigenvalue weighted by molar-refractivity contribution is 5.95. The Morgan fingerprint density at radius 3 is 2.55 bits per heavy atom. The molecule has 2 aliphatic carbocycles. The molecule has 2 aliphatic rings. The standard InChI is InChI=1S/C16H19NO3/c1-19-14-6-5-12(9-15(14)20-2)16(18)17-13-8-10-3-4-11(13)7-10/h3-6,9-11,13H,7-8H2,1-2H3,(H,17,18). The molecule has 106 valence electrons. The van der Waals surface area contributed by atoms with E-state index in [1.807, 2.05) is 0 Å². The van der Waals surface area contributed by atoms with E-state index >= 15 is 0 Å². The van der Waals surface area contributed by atoms with Gasteiger partial charge in [0.05, 0.1) is 14.2 Å². The van der Waals surface area contributed by atoms with Crippen LogP contribution in [0.5, 0.6) is 11.5 Å². The zero-order valence-electron chi connectivity index (χ0n) is 11.8.